The van der Waals surface area contributed by atoms with E-state index < -0.39 is 16.9 Å². The largest absolute Gasteiger partial charge is 0.468 e. The van der Waals surface area contributed by atoms with E-state index in [9.17, 15) is 14.9 Å². The number of methoxy groups -OCH3 is 1. The lowest BCUT2D eigenvalue weighted by Crippen LogP contribution is -2.28. The normalized spacial score (nSPS) is 13.0. The smallest absolute Gasteiger partial charge is 0.327 e. The highest BCUT2D eigenvalue weighted by molar-refractivity contribution is 5.69. The van der Waals surface area contributed by atoms with Crippen LogP contribution in [0.25, 0.3) is 0 Å². The second-order valence-electron chi connectivity index (χ2n) is 7.13. The number of aromatic nitrogens is 4. The zero-order valence-electron chi connectivity index (χ0n) is 17.6. The average molecular weight is 455 g/mol. The van der Waals surface area contributed by atoms with Gasteiger partial charge in [0.2, 0.25) is 6.79 Å². The molecule has 172 valence electrons. The van der Waals surface area contributed by atoms with Gasteiger partial charge in [-0.25, -0.2) is 4.68 Å². The van der Waals surface area contributed by atoms with Crippen LogP contribution in [-0.4, -0.2) is 45.0 Å². The molecule has 1 aliphatic heterocycles. The molecule has 0 fully saturated rings. The first kappa shape index (κ1) is 22.1. The number of rotatable bonds is 9. The molecule has 4 rings (SSSR count). The lowest BCUT2D eigenvalue weighted by Gasteiger charge is -2.19. The van der Waals surface area contributed by atoms with Crippen molar-refractivity contribution in [3.05, 3.63) is 69.0 Å². The highest BCUT2D eigenvalue weighted by Gasteiger charge is 2.32. The van der Waals surface area contributed by atoms with Gasteiger partial charge in [0.15, 0.2) is 17.3 Å². The Labute approximate surface area is 187 Å². The molecule has 1 atom stereocenters. The molecule has 1 aliphatic rings. The molecular weight excluding hydrogens is 434 g/mol. The Morgan fingerprint density at radius 1 is 1.30 bits per heavy atom. The Hall–Kier alpha value is -4.10. The third-order valence-electron chi connectivity index (χ3n) is 5.09. The van der Waals surface area contributed by atoms with Crippen molar-refractivity contribution in [1.82, 2.24) is 25.5 Å². The predicted octanol–water partition coefficient (Wildman–Crippen LogP) is 0.821. The summed E-state index contributed by atoms with van der Waals surface area (Å²) in [5, 5.41) is 26.7. The van der Waals surface area contributed by atoms with Crippen LogP contribution in [0.15, 0.2) is 36.4 Å². The van der Waals surface area contributed by atoms with E-state index in [0.717, 1.165) is 11.1 Å². The van der Waals surface area contributed by atoms with Gasteiger partial charge in [0.05, 0.1) is 23.7 Å². The van der Waals surface area contributed by atoms with Crippen LogP contribution in [0.5, 0.6) is 11.5 Å². The molecule has 0 saturated carbocycles. The first-order chi connectivity index (χ1) is 16.0. The molecule has 3 N–H and O–H groups in total. The van der Waals surface area contributed by atoms with Crippen LogP contribution in [0.4, 0.5) is 5.69 Å². The average Bonchev–Trinajstić information content (AvgIpc) is 3.48. The minimum absolute atomic E-state index is 0.0417. The van der Waals surface area contributed by atoms with Crippen molar-refractivity contribution in [1.29, 1.82) is 0 Å². The van der Waals surface area contributed by atoms with Gasteiger partial charge < -0.3 is 19.9 Å². The number of nitrogens with one attached hydrogen (secondary N) is 1. The predicted molar refractivity (Wildman–Crippen MR) is 112 cm³/mol. The monoisotopic (exact) mass is 455 g/mol. The number of hydrogen-bond donors (Lipinski definition) is 2. The van der Waals surface area contributed by atoms with Crippen molar-refractivity contribution in [2.75, 3.05) is 13.9 Å². The van der Waals surface area contributed by atoms with E-state index in [1.807, 2.05) is 24.3 Å². The number of nitro benzene ring substituents is 1. The molecule has 33 heavy (non-hydrogen) atoms. The maximum atomic E-state index is 11.9. The van der Waals surface area contributed by atoms with E-state index >= 15 is 0 Å². The molecule has 0 amide bonds. The second kappa shape index (κ2) is 9.58. The van der Waals surface area contributed by atoms with Crippen molar-refractivity contribution in [3.8, 4) is 11.5 Å². The molecular formula is C20H21N7O6. The lowest BCUT2D eigenvalue weighted by atomic mass is 10.0. The van der Waals surface area contributed by atoms with Crippen LogP contribution in [0.1, 0.15) is 28.6 Å². The third-order valence-corrected chi connectivity index (χ3v) is 5.09. The first-order valence-electron chi connectivity index (χ1n) is 9.92. The van der Waals surface area contributed by atoms with Crippen molar-refractivity contribution >= 4 is 11.7 Å². The minimum atomic E-state index is -0.860. The fourth-order valence-corrected chi connectivity index (χ4v) is 3.48. The van der Waals surface area contributed by atoms with E-state index in [1.54, 1.807) is 0 Å². The van der Waals surface area contributed by atoms with Crippen molar-refractivity contribution < 1.29 is 23.9 Å². The summed E-state index contributed by atoms with van der Waals surface area (Å²) in [6.45, 7) is 0.384. The summed E-state index contributed by atoms with van der Waals surface area (Å²) in [6, 6.07) is 9.56. The highest BCUT2D eigenvalue weighted by atomic mass is 16.7. The number of nitro groups is 1. The summed E-state index contributed by atoms with van der Waals surface area (Å²) in [4.78, 5) is 23.2. The van der Waals surface area contributed by atoms with Gasteiger partial charge in [0.25, 0.3) is 5.69 Å². The number of carbonyl (C=O) groups excluding carboxylic acids is 1. The molecule has 0 bridgehead atoms. The van der Waals surface area contributed by atoms with Crippen LogP contribution < -0.4 is 20.5 Å². The van der Waals surface area contributed by atoms with Crippen molar-refractivity contribution in [3.63, 3.8) is 0 Å². The van der Waals surface area contributed by atoms with Gasteiger partial charge in [-0.15, -0.1) is 5.10 Å². The lowest BCUT2D eigenvalue weighted by molar-refractivity contribution is -0.385. The quantitative estimate of drug-likeness (QED) is 0.266. The number of fused-ring (bicyclic) bond motifs is 1. The maximum absolute atomic E-state index is 11.9. The third kappa shape index (κ3) is 4.73. The molecule has 0 aliphatic carbocycles. The van der Waals surface area contributed by atoms with Gasteiger partial charge in [0.1, 0.15) is 12.6 Å². The number of benzene rings is 2. The fourth-order valence-electron chi connectivity index (χ4n) is 3.48. The maximum Gasteiger partial charge on any atom is 0.327 e. The minimum Gasteiger partial charge on any atom is -0.468 e. The van der Waals surface area contributed by atoms with Gasteiger partial charge in [-0.2, -0.15) is 0 Å². The number of carbonyl (C=O) groups is 1. The van der Waals surface area contributed by atoms with Gasteiger partial charge in [-0.05, 0) is 27.6 Å². The first-order valence-corrected chi connectivity index (χ1v) is 9.92. The summed E-state index contributed by atoms with van der Waals surface area (Å²) >= 11 is 0. The number of esters is 1. The van der Waals surface area contributed by atoms with E-state index in [4.69, 9.17) is 19.9 Å². The van der Waals surface area contributed by atoms with Gasteiger partial charge in [-0.3, -0.25) is 20.2 Å². The number of tetrazole rings is 1. The van der Waals surface area contributed by atoms with E-state index in [0.29, 0.717) is 18.8 Å². The van der Waals surface area contributed by atoms with Gasteiger partial charge >= 0.3 is 5.97 Å². The summed E-state index contributed by atoms with van der Waals surface area (Å²) < 4.78 is 16.7. The number of hydrogen-bond acceptors (Lipinski definition) is 11. The van der Waals surface area contributed by atoms with Crippen LogP contribution in [0.2, 0.25) is 0 Å². The fraction of sp³-hybridized carbons (Fsp3) is 0.300. The molecule has 1 unspecified atom stereocenters. The molecule has 2 heterocycles. The van der Waals surface area contributed by atoms with Crippen molar-refractivity contribution in [2.45, 2.75) is 25.7 Å². The number of ether oxygens (including phenoxy) is 3. The summed E-state index contributed by atoms with van der Waals surface area (Å²) in [7, 11) is 1.25. The zero-order chi connectivity index (χ0) is 23.4. The van der Waals surface area contributed by atoms with Gasteiger partial charge in [-0.1, -0.05) is 24.3 Å². The standard InChI is InChI=1S/C20H21N7O6/c1-31-18(28)10-26-20(23-24-25-26)19(22-9-13-4-2-3-12(5-13)8-21)14-6-16-17(33-11-32-16)7-15(14)27(29)30/h2-7,19,22H,8-11,21H2,1H3. The molecule has 13 nitrogen and oxygen atoms in total. The zero-order valence-corrected chi connectivity index (χ0v) is 17.6. The van der Waals surface area contributed by atoms with E-state index in [-0.39, 0.29) is 36.2 Å². The van der Waals surface area contributed by atoms with Crippen molar-refractivity contribution in [2.24, 2.45) is 5.73 Å². The number of nitrogens with zero attached hydrogens (tertiary/aromatic N) is 5. The molecule has 13 heteroatoms. The number of nitrogens with two attached hydrogens (primary N) is 1. The van der Waals surface area contributed by atoms with Crippen LogP contribution in [0.3, 0.4) is 0 Å². The Bertz CT molecular complexity index is 1180. The molecule has 0 radical (unpaired) electrons. The molecule has 1 aromatic heterocycles. The molecule has 0 saturated heterocycles. The summed E-state index contributed by atoms with van der Waals surface area (Å²) in [5.41, 5.74) is 7.62. The van der Waals surface area contributed by atoms with Gasteiger partial charge in [0, 0.05) is 13.1 Å². The van der Waals surface area contributed by atoms with Crippen LogP contribution in [-0.2, 0) is 29.2 Å². The van der Waals surface area contributed by atoms with E-state index in [1.165, 1.54) is 23.9 Å². The topological polar surface area (TPSA) is 170 Å². The second-order valence-corrected chi connectivity index (χ2v) is 7.13. The summed E-state index contributed by atoms with van der Waals surface area (Å²) in [6.07, 6.45) is 0. The van der Waals surface area contributed by atoms with Crippen LogP contribution in [0, 0.1) is 10.1 Å². The Morgan fingerprint density at radius 3 is 2.79 bits per heavy atom. The van der Waals surface area contributed by atoms with E-state index in [2.05, 4.69) is 20.8 Å². The molecule has 2 aromatic carbocycles. The van der Waals surface area contributed by atoms with Crippen LogP contribution >= 0.6 is 0 Å². The highest BCUT2D eigenvalue weighted by Crippen LogP contribution is 2.41. The summed E-state index contributed by atoms with van der Waals surface area (Å²) in [5.74, 6) is 0.254. The Kier molecular flexibility index (Phi) is 6.42. The SMILES string of the molecule is COC(=O)Cn1nnnc1C(NCc1cccc(CN)c1)c1cc2c(cc1[N+](=O)[O-])OCO2. The molecule has 3 aromatic rings. The Morgan fingerprint density at radius 2 is 2.06 bits per heavy atom. The molecule has 0 spiro atoms. The Balaban J connectivity index is 1.76.